The summed E-state index contributed by atoms with van der Waals surface area (Å²) >= 11 is 0. The summed E-state index contributed by atoms with van der Waals surface area (Å²) in [5.74, 6) is -0.0204. The van der Waals surface area contributed by atoms with Gasteiger partial charge in [0.1, 0.15) is 5.69 Å². The molecule has 0 unspecified atom stereocenters. The molecule has 2 N–H and O–H groups in total. The van der Waals surface area contributed by atoms with Gasteiger partial charge in [0.05, 0.1) is 11.4 Å². The van der Waals surface area contributed by atoms with E-state index in [4.69, 9.17) is 0 Å². The number of nitrogens with one attached hydrogen (secondary N) is 2. The molecular formula is C19H20N4O. The Balaban J connectivity index is 1.90. The molecule has 0 atom stereocenters. The number of para-hydroxylation sites is 1. The molecule has 122 valence electrons. The summed E-state index contributed by atoms with van der Waals surface area (Å²) in [6.45, 7) is 5.97. The lowest BCUT2D eigenvalue weighted by atomic mass is 9.99. The van der Waals surface area contributed by atoms with Crippen LogP contribution in [-0.4, -0.2) is 21.6 Å². The van der Waals surface area contributed by atoms with E-state index in [1.807, 2.05) is 49.4 Å². The van der Waals surface area contributed by atoms with Crippen LogP contribution in [0.5, 0.6) is 0 Å². The molecule has 5 heteroatoms. The van der Waals surface area contributed by atoms with Gasteiger partial charge in [-0.2, -0.15) is 5.10 Å². The van der Waals surface area contributed by atoms with Crippen LogP contribution in [-0.2, 0) is 0 Å². The molecule has 3 rings (SSSR count). The maximum atomic E-state index is 12.6. The molecule has 0 radical (unpaired) electrons. The highest BCUT2D eigenvalue weighted by molar-refractivity contribution is 6.03. The Morgan fingerprint density at radius 1 is 1.17 bits per heavy atom. The minimum absolute atomic E-state index is 0.225. The fourth-order valence-corrected chi connectivity index (χ4v) is 2.77. The number of nitrogens with zero attached hydrogens (tertiary/aromatic N) is 2. The van der Waals surface area contributed by atoms with E-state index >= 15 is 0 Å². The lowest BCUT2D eigenvalue weighted by molar-refractivity contribution is 0.0949. The lowest BCUT2D eigenvalue weighted by Gasteiger charge is -2.07. The molecule has 24 heavy (non-hydrogen) atoms. The van der Waals surface area contributed by atoms with Crippen molar-refractivity contribution in [3.8, 4) is 0 Å². The minimum Gasteiger partial charge on any atom is -0.350 e. The van der Waals surface area contributed by atoms with Gasteiger partial charge >= 0.3 is 0 Å². The zero-order chi connectivity index (χ0) is 17.1. The number of aromatic amines is 1. The van der Waals surface area contributed by atoms with Crippen molar-refractivity contribution in [3.63, 3.8) is 0 Å². The number of hydrogen-bond donors (Lipinski definition) is 2. The Morgan fingerprint density at radius 3 is 2.62 bits per heavy atom. The summed E-state index contributed by atoms with van der Waals surface area (Å²) < 4.78 is 0. The van der Waals surface area contributed by atoms with E-state index in [-0.39, 0.29) is 11.8 Å². The Morgan fingerprint density at radius 2 is 1.92 bits per heavy atom. The molecule has 0 aliphatic heterocycles. The van der Waals surface area contributed by atoms with Gasteiger partial charge in [-0.25, -0.2) is 5.43 Å². The highest BCUT2D eigenvalue weighted by Crippen LogP contribution is 2.29. The molecule has 0 fully saturated rings. The van der Waals surface area contributed by atoms with Crippen LogP contribution in [0.4, 0.5) is 0 Å². The van der Waals surface area contributed by atoms with Crippen LogP contribution >= 0.6 is 0 Å². The molecule has 0 aliphatic carbocycles. The van der Waals surface area contributed by atoms with Crippen LogP contribution in [0.25, 0.3) is 10.9 Å². The summed E-state index contributed by atoms with van der Waals surface area (Å²) in [6.07, 6.45) is 1.70. The summed E-state index contributed by atoms with van der Waals surface area (Å²) in [5, 5.41) is 5.25. The zero-order valence-corrected chi connectivity index (χ0v) is 14.0. The first kappa shape index (κ1) is 15.9. The molecule has 2 aromatic heterocycles. The monoisotopic (exact) mass is 320 g/mol. The van der Waals surface area contributed by atoms with Crippen molar-refractivity contribution in [3.05, 3.63) is 65.6 Å². The molecular weight excluding hydrogens is 300 g/mol. The third-order valence-corrected chi connectivity index (χ3v) is 3.91. The lowest BCUT2D eigenvalue weighted by Crippen LogP contribution is -2.21. The minimum atomic E-state index is -0.245. The maximum Gasteiger partial charge on any atom is 0.288 e. The van der Waals surface area contributed by atoms with Crippen LogP contribution in [0.15, 0.2) is 53.8 Å². The Kier molecular flexibility index (Phi) is 4.42. The number of hydrogen-bond acceptors (Lipinski definition) is 3. The molecule has 1 amide bonds. The number of aromatic nitrogens is 2. The fraction of sp³-hybridized carbons (Fsp3) is 0.211. The number of fused-ring (bicyclic) bond motifs is 1. The second-order valence-electron chi connectivity index (χ2n) is 5.97. The second kappa shape index (κ2) is 6.66. The summed E-state index contributed by atoms with van der Waals surface area (Å²) in [7, 11) is 0. The van der Waals surface area contributed by atoms with E-state index in [2.05, 4.69) is 34.3 Å². The van der Waals surface area contributed by atoms with Crippen LogP contribution in [0.3, 0.4) is 0 Å². The van der Waals surface area contributed by atoms with E-state index in [0.29, 0.717) is 11.4 Å². The third-order valence-electron chi connectivity index (χ3n) is 3.91. The van der Waals surface area contributed by atoms with Gasteiger partial charge in [0.15, 0.2) is 0 Å². The van der Waals surface area contributed by atoms with Crippen molar-refractivity contribution >= 4 is 22.5 Å². The number of benzene rings is 1. The van der Waals surface area contributed by atoms with Crippen molar-refractivity contribution < 1.29 is 4.79 Å². The predicted octanol–water partition coefficient (Wildman–Crippen LogP) is 3.84. The van der Waals surface area contributed by atoms with Crippen molar-refractivity contribution in [1.82, 2.24) is 15.4 Å². The summed E-state index contributed by atoms with van der Waals surface area (Å²) in [5.41, 5.74) is 6.55. The van der Waals surface area contributed by atoms with Crippen molar-refractivity contribution in [2.75, 3.05) is 0 Å². The van der Waals surface area contributed by atoms with Gasteiger partial charge in [0, 0.05) is 17.1 Å². The molecule has 0 saturated carbocycles. The average Bonchev–Trinajstić information content (AvgIpc) is 3.00. The first-order valence-electron chi connectivity index (χ1n) is 7.94. The smallest absolute Gasteiger partial charge is 0.288 e. The predicted molar refractivity (Wildman–Crippen MR) is 96.3 cm³/mol. The fourth-order valence-electron chi connectivity index (χ4n) is 2.77. The average molecular weight is 320 g/mol. The van der Waals surface area contributed by atoms with Gasteiger partial charge in [-0.3, -0.25) is 9.78 Å². The van der Waals surface area contributed by atoms with Crippen LogP contribution in [0, 0.1) is 0 Å². The van der Waals surface area contributed by atoms with Gasteiger partial charge in [0.25, 0.3) is 5.91 Å². The van der Waals surface area contributed by atoms with E-state index in [1.54, 1.807) is 6.20 Å². The number of rotatable bonds is 4. The van der Waals surface area contributed by atoms with E-state index in [0.717, 1.165) is 22.2 Å². The van der Waals surface area contributed by atoms with Crippen LogP contribution in [0.1, 0.15) is 48.4 Å². The molecule has 3 aromatic rings. The number of hydrazone groups is 1. The number of pyridine rings is 1. The number of carbonyl (C=O) groups is 1. The van der Waals surface area contributed by atoms with Gasteiger partial charge in [0.2, 0.25) is 0 Å². The maximum absolute atomic E-state index is 12.6. The summed E-state index contributed by atoms with van der Waals surface area (Å²) in [4.78, 5) is 20.0. The van der Waals surface area contributed by atoms with Gasteiger partial charge in [-0.05, 0) is 36.6 Å². The Bertz CT molecular complexity index is 894. The largest absolute Gasteiger partial charge is 0.350 e. The molecule has 0 bridgehead atoms. The standard InChI is InChI=1S/C19H20N4O/c1-12(2)17-14-8-4-5-10-16(14)21-18(17)19(24)23-22-13(3)15-9-6-7-11-20-15/h4-12,21H,1-3H3,(H,23,24)/b22-13+. The van der Waals surface area contributed by atoms with Crippen LogP contribution in [0.2, 0.25) is 0 Å². The second-order valence-corrected chi connectivity index (χ2v) is 5.97. The first-order valence-corrected chi connectivity index (χ1v) is 7.94. The van der Waals surface area contributed by atoms with Crippen LogP contribution < -0.4 is 5.43 Å². The van der Waals surface area contributed by atoms with Crippen molar-refractivity contribution in [2.24, 2.45) is 5.10 Å². The third kappa shape index (κ3) is 3.06. The number of carbonyl (C=O) groups excluding carboxylic acids is 1. The first-order chi connectivity index (χ1) is 11.6. The highest BCUT2D eigenvalue weighted by Gasteiger charge is 2.19. The van der Waals surface area contributed by atoms with Gasteiger partial charge < -0.3 is 4.98 Å². The highest BCUT2D eigenvalue weighted by atomic mass is 16.2. The van der Waals surface area contributed by atoms with Crippen molar-refractivity contribution in [1.29, 1.82) is 0 Å². The zero-order valence-electron chi connectivity index (χ0n) is 14.0. The number of amides is 1. The number of H-pyrrole nitrogens is 1. The molecule has 0 spiro atoms. The van der Waals surface area contributed by atoms with E-state index in [9.17, 15) is 4.79 Å². The van der Waals surface area contributed by atoms with E-state index < -0.39 is 0 Å². The topological polar surface area (TPSA) is 70.1 Å². The molecule has 0 aliphatic rings. The molecule has 5 nitrogen and oxygen atoms in total. The van der Waals surface area contributed by atoms with Gasteiger partial charge in [-0.15, -0.1) is 0 Å². The normalized spacial score (nSPS) is 11.9. The molecule has 2 heterocycles. The van der Waals surface area contributed by atoms with Gasteiger partial charge in [-0.1, -0.05) is 38.1 Å². The Labute approximate surface area is 140 Å². The quantitative estimate of drug-likeness (QED) is 0.566. The SMILES string of the molecule is C/C(=N\NC(=O)c1[nH]c2ccccc2c1C(C)C)c1ccccn1. The molecule has 1 aromatic carbocycles. The molecule has 0 saturated heterocycles. The van der Waals surface area contributed by atoms with Crippen molar-refractivity contribution in [2.45, 2.75) is 26.7 Å². The van der Waals surface area contributed by atoms with E-state index in [1.165, 1.54) is 0 Å². The Hall–Kier alpha value is -2.95. The summed E-state index contributed by atoms with van der Waals surface area (Å²) in [6, 6.07) is 13.5.